The van der Waals surface area contributed by atoms with Crippen molar-refractivity contribution in [1.29, 1.82) is 0 Å². The molecule has 0 bridgehead atoms. The van der Waals surface area contributed by atoms with Crippen molar-refractivity contribution in [3.05, 3.63) is 0 Å². The van der Waals surface area contributed by atoms with Gasteiger partial charge >= 0.3 is 0 Å². The van der Waals surface area contributed by atoms with E-state index in [-0.39, 0.29) is 12.4 Å². The van der Waals surface area contributed by atoms with Gasteiger partial charge in [0.15, 0.2) is 0 Å². The molecule has 0 aromatic heterocycles. The van der Waals surface area contributed by atoms with Crippen molar-refractivity contribution in [2.75, 3.05) is 20.2 Å². The average Bonchev–Trinajstić information content (AvgIpc) is 1.55. The van der Waals surface area contributed by atoms with Crippen molar-refractivity contribution in [3.8, 4) is 0 Å². The standard InChI is InChI=1S/C4H8N2O.ClH/c1-7-6-4-2-5-3-4;/h5H,2-3H2,1H3;1H. The largest absolute Gasteiger partial charge is 0.399 e. The second-order valence-corrected chi connectivity index (χ2v) is 1.44. The van der Waals surface area contributed by atoms with E-state index in [1.54, 1.807) is 7.11 Å². The van der Waals surface area contributed by atoms with Crippen molar-refractivity contribution in [2.24, 2.45) is 5.16 Å². The molecule has 1 saturated heterocycles. The first-order valence-corrected chi connectivity index (χ1v) is 2.23. The van der Waals surface area contributed by atoms with Crippen LogP contribution in [0.3, 0.4) is 0 Å². The summed E-state index contributed by atoms with van der Waals surface area (Å²) < 4.78 is 0. The number of rotatable bonds is 1. The number of nitrogens with zero attached hydrogens (tertiary/aromatic N) is 1. The van der Waals surface area contributed by atoms with Gasteiger partial charge in [-0.1, -0.05) is 5.16 Å². The fourth-order valence-electron chi connectivity index (χ4n) is 0.430. The van der Waals surface area contributed by atoms with E-state index in [1.165, 1.54) is 0 Å². The van der Waals surface area contributed by atoms with Crippen molar-refractivity contribution in [3.63, 3.8) is 0 Å². The molecule has 0 radical (unpaired) electrons. The Morgan fingerprint density at radius 1 is 1.62 bits per heavy atom. The minimum absolute atomic E-state index is 0. The van der Waals surface area contributed by atoms with E-state index in [9.17, 15) is 0 Å². The normalized spacial score (nSPS) is 15.9. The van der Waals surface area contributed by atoms with E-state index in [1.807, 2.05) is 0 Å². The van der Waals surface area contributed by atoms with Gasteiger partial charge in [0.25, 0.3) is 0 Å². The lowest BCUT2D eigenvalue weighted by atomic mass is 10.2. The van der Waals surface area contributed by atoms with Gasteiger partial charge in [0.1, 0.15) is 7.11 Å². The molecule has 1 heterocycles. The molecular weight excluding hydrogens is 128 g/mol. The van der Waals surface area contributed by atoms with Crippen LogP contribution in [0.4, 0.5) is 0 Å². The number of halogens is 1. The molecule has 0 atom stereocenters. The van der Waals surface area contributed by atoms with Crippen LogP contribution in [-0.2, 0) is 4.84 Å². The van der Waals surface area contributed by atoms with E-state index >= 15 is 0 Å². The molecule has 1 fully saturated rings. The molecule has 0 amide bonds. The SMILES string of the molecule is CON=C1CNC1.Cl. The Kier molecular flexibility index (Phi) is 3.56. The molecule has 1 aliphatic heterocycles. The van der Waals surface area contributed by atoms with E-state index in [0.29, 0.717) is 0 Å². The first kappa shape index (κ1) is 7.72. The quantitative estimate of drug-likeness (QED) is 0.516. The van der Waals surface area contributed by atoms with Crippen LogP contribution in [0.2, 0.25) is 0 Å². The van der Waals surface area contributed by atoms with E-state index in [0.717, 1.165) is 18.8 Å². The Bertz CT molecular complexity index is 88.0. The highest BCUT2D eigenvalue weighted by Gasteiger charge is 2.07. The second kappa shape index (κ2) is 3.69. The van der Waals surface area contributed by atoms with Gasteiger partial charge in [0, 0.05) is 13.1 Å². The van der Waals surface area contributed by atoms with E-state index in [4.69, 9.17) is 0 Å². The summed E-state index contributed by atoms with van der Waals surface area (Å²) in [5.41, 5.74) is 1.10. The summed E-state index contributed by atoms with van der Waals surface area (Å²) in [6.45, 7) is 1.79. The molecule has 0 unspecified atom stereocenters. The summed E-state index contributed by atoms with van der Waals surface area (Å²) in [6, 6.07) is 0. The Hall–Kier alpha value is -0.280. The van der Waals surface area contributed by atoms with Crippen LogP contribution in [-0.4, -0.2) is 25.9 Å². The van der Waals surface area contributed by atoms with Crippen LogP contribution in [0, 0.1) is 0 Å². The molecule has 3 nitrogen and oxygen atoms in total. The van der Waals surface area contributed by atoms with E-state index < -0.39 is 0 Å². The number of nitrogens with one attached hydrogen (secondary N) is 1. The molecule has 0 spiro atoms. The fourth-order valence-corrected chi connectivity index (χ4v) is 0.430. The molecule has 0 saturated carbocycles. The molecule has 1 N–H and O–H groups in total. The summed E-state index contributed by atoms with van der Waals surface area (Å²) >= 11 is 0. The van der Waals surface area contributed by atoms with Crippen LogP contribution >= 0.6 is 12.4 Å². The third kappa shape index (κ3) is 1.68. The second-order valence-electron chi connectivity index (χ2n) is 1.44. The molecule has 1 aliphatic rings. The highest BCUT2D eigenvalue weighted by molar-refractivity contribution is 5.92. The first-order chi connectivity index (χ1) is 3.43. The molecule has 0 aromatic rings. The van der Waals surface area contributed by atoms with Gasteiger partial charge in [-0.2, -0.15) is 0 Å². The van der Waals surface area contributed by atoms with Gasteiger partial charge in [-0.05, 0) is 0 Å². The third-order valence-corrected chi connectivity index (χ3v) is 0.879. The van der Waals surface area contributed by atoms with Crippen LogP contribution < -0.4 is 5.32 Å². The van der Waals surface area contributed by atoms with E-state index in [2.05, 4.69) is 15.3 Å². The highest BCUT2D eigenvalue weighted by atomic mass is 35.5. The number of hydrogen-bond donors (Lipinski definition) is 1. The smallest absolute Gasteiger partial charge is 0.106 e. The molecular formula is C4H9ClN2O. The van der Waals surface area contributed by atoms with Crippen molar-refractivity contribution >= 4 is 18.1 Å². The Morgan fingerprint density at radius 3 is 2.38 bits per heavy atom. The van der Waals surface area contributed by atoms with Gasteiger partial charge in [-0.25, -0.2) is 0 Å². The van der Waals surface area contributed by atoms with Gasteiger partial charge in [-0.15, -0.1) is 12.4 Å². The topological polar surface area (TPSA) is 33.6 Å². The lowest BCUT2D eigenvalue weighted by Gasteiger charge is -2.14. The minimum atomic E-state index is 0. The summed E-state index contributed by atoms with van der Waals surface area (Å²) in [6.07, 6.45) is 0. The zero-order chi connectivity index (χ0) is 5.11. The molecule has 1 rings (SSSR count). The van der Waals surface area contributed by atoms with Gasteiger partial charge in [-0.3, -0.25) is 0 Å². The van der Waals surface area contributed by atoms with Crippen molar-refractivity contribution in [1.82, 2.24) is 5.32 Å². The molecule has 0 aromatic carbocycles. The number of hydrogen-bond acceptors (Lipinski definition) is 3. The predicted octanol–water partition coefficient (Wildman–Crippen LogP) is 0.0138. The van der Waals surface area contributed by atoms with Gasteiger partial charge in [0.05, 0.1) is 5.71 Å². The zero-order valence-corrected chi connectivity index (χ0v) is 5.49. The summed E-state index contributed by atoms with van der Waals surface area (Å²) in [7, 11) is 1.56. The highest BCUT2D eigenvalue weighted by Crippen LogP contribution is 1.84. The van der Waals surface area contributed by atoms with Crippen LogP contribution in [0.15, 0.2) is 5.16 Å². The van der Waals surface area contributed by atoms with Crippen molar-refractivity contribution in [2.45, 2.75) is 0 Å². The lowest BCUT2D eigenvalue weighted by molar-refractivity contribution is 0.210. The lowest BCUT2D eigenvalue weighted by Crippen LogP contribution is -2.42. The van der Waals surface area contributed by atoms with Gasteiger partial charge in [0.2, 0.25) is 0 Å². The molecule has 4 heteroatoms. The van der Waals surface area contributed by atoms with Crippen LogP contribution in [0.5, 0.6) is 0 Å². The maximum atomic E-state index is 4.49. The summed E-state index contributed by atoms with van der Waals surface area (Å²) in [4.78, 5) is 4.49. The number of oxime groups is 1. The van der Waals surface area contributed by atoms with Crippen LogP contribution in [0.1, 0.15) is 0 Å². The Labute approximate surface area is 54.5 Å². The summed E-state index contributed by atoms with van der Waals surface area (Å²) in [5.74, 6) is 0. The van der Waals surface area contributed by atoms with Gasteiger partial charge < -0.3 is 10.2 Å². The predicted molar refractivity (Wildman–Crippen MR) is 34.6 cm³/mol. The maximum absolute atomic E-state index is 4.49. The Morgan fingerprint density at radius 2 is 2.25 bits per heavy atom. The molecule has 8 heavy (non-hydrogen) atoms. The maximum Gasteiger partial charge on any atom is 0.106 e. The van der Waals surface area contributed by atoms with Crippen molar-refractivity contribution < 1.29 is 4.84 Å². The van der Waals surface area contributed by atoms with Crippen LogP contribution in [0.25, 0.3) is 0 Å². The Balaban J connectivity index is 0.000000490. The first-order valence-electron chi connectivity index (χ1n) is 2.23. The molecule has 0 aliphatic carbocycles. The summed E-state index contributed by atoms with van der Waals surface area (Å²) in [5, 5.41) is 6.72. The third-order valence-electron chi connectivity index (χ3n) is 0.879. The monoisotopic (exact) mass is 136 g/mol. The zero-order valence-electron chi connectivity index (χ0n) is 4.68. The fraction of sp³-hybridized carbons (Fsp3) is 0.750. The minimum Gasteiger partial charge on any atom is -0.399 e. The average molecular weight is 137 g/mol. The molecule has 48 valence electrons.